The van der Waals surface area contributed by atoms with E-state index in [2.05, 4.69) is 22.9 Å². The number of carbonyl (C=O) groups is 1. The first-order valence-electron chi connectivity index (χ1n) is 3.77. The van der Waals surface area contributed by atoms with Gasteiger partial charge in [-0.2, -0.15) is 0 Å². The molecule has 0 spiro atoms. The van der Waals surface area contributed by atoms with Gasteiger partial charge in [-0.25, -0.2) is 4.79 Å². The molecule has 0 aliphatic rings. The Labute approximate surface area is 75.4 Å². The maximum atomic E-state index is 10.2. The minimum Gasteiger partial charge on any atom is -0.477 e. The maximum absolute atomic E-state index is 10.2. The van der Waals surface area contributed by atoms with Crippen molar-refractivity contribution in [2.45, 2.75) is 32.6 Å². The monoisotopic (exact) mass is 220 g/mol. The fourth-order valence-electron chi connectivity index (χ4n) is 0.710. The third kappa shape index (κ3) is 6.10. The lowest BCUT2D eigenvalue weighted by Gasteiger charge is -1.92. The molecule has 1 N–H and O–H groups in total. The van der Waals surface area contributed by atoms with Crippen molar-refractivity contribution >= 4 is 21.9 Å². The van der Waals surface area contributed by atoms with E-state index in [1.165, 1.54) is 6.42 Å². The van der Waals surface area contributed by atoms with Crippen molar-refractivity contribution < 1.29 is 9.90 Å². The largest absolute Gasteiger partial charge is 0.477 e. The van der Waals surface area contributed by atoms with Crippen molar-refractivity contribution in [3.8, 4) is 0 Å². The van der Waals surface area contributed by atoms with Crippen LogP contribution in [0.15, 0.2) is 10.6 Å². The average Bonchev–Trinajstić information content (AvgIpc) is 1.97. The fourth-order valence-corrected chi connectivity index (χ4v) is 0.939. The summed E-state index contributed by atoms with van der Waals surface area (Å²) < 4.78 is 0.272. The first-order chi connectivity index (χ1) is 5.18. The second-order valence-corrected chi connectivity index (χ2v) is 3.21. The van der Waals surface area contributed by atoms with Crippen molar-refractivity contribution in [1.29, 1.82) is 0 Å². The Morgan fingerprint density at radius 3 is 2.64 bits per heavy atom. The van der Waals surface area contributed by atoms with Crippen molar-refractivity contribution in [3.05, 3.63) is 10.6 Å². The molecule has 11 heavy (non-hydrogen) atoms. The first-order valence-corrected chi connectivity index (χ1v) is 4.56. The quantitative estimate of drug-likeness (QED) is 0.572. The van der Waals surface area contributed by atoms with Gasteiger partial charge in [0, 0.05) is 0 Å². The van der Waals surface area contributed by atoms with Gasteiger partial charge in [-0.05, 0) is 28.8 Å². The smallest absolute Gasteiger partial charge is 0.342 e. The molecule has 0 saturated carbocycles. The third-order valence-corrected chi connectivity index (χ3v) is 2.00. The highest BCUT2D eigenvalue weighted by Gasteiger charge is 1.99. The van der Waals surface area contributed by atoms with Gasteiger partial charge in [0.1, 0.15) is 0 Å². The van der Waals surface area contributed by atoms with Crippen LogP contribution in [0.3, 0.4) is 0 Å². The van der Waals surface area contributed by atoms with E-state index in [-0.39, 0.29) is 4.48 Å². The Bertz CT molecular complexity index is 152. The molecule has 64 valence electrons. The van der Waals surface area contributed by atoms with Gasteiger partial charge in [0.2, 0.25) is 0 Å². The van der Waals surface area contributed by atoms with Crippen molar-refractivity contribution in [3.63, 3.8) is 0 Å². The van der Waals surface area contributed by atoms with Crippen LogP contribution in [-0.4, -0.2) is 11.1 Å². The lowest BCUT2D eigenvalue weighted by Crippen LogP contribution is -1.92. The van der Waals surface area contributed by atoms with Gasteiger partial charge in [-0.15, -0.1) is 0 Å². The zero-order chi connectivity index (χ0) is 8.69. The van der Waals surface area contributed by atoms with Crippen LogP contribution >= 0.6 is 15.9 Å². The Balaban J connectivity index is 3.48. The van der Waals surface area contributed by atoms with Crippen LogP contribution in [0.4, 0.5) is 0 Å². The summed E-state index contributed by atoms with van der Waals surface area (Å²) in [6, 6.07) is 0. The molecule has 0 aromatic carbocycles. The highest BCUT2D eigenvalue weighted by molar-refractivity contribution is 9.12. The van der Waals surface area contributed by atoms with E-state index in [4.69, 9.17) is 5.11 Å². The van der Waals surface area contributed by atoms with E-state index in [1.807, 2.05) is 0 Å². The standard InChI is InChI=1S/C8H13BrO2/c1-2-3-4-5-6-7(9)8(10)11/h6H,2-5H2,1H3,(H,10,11)/b7-6+. The molecular formula is C8H13BrO2. The minimum absolute atomic E-state index is 0.272. The topological polar surface area (TPSA) is 37.3 Å². The van der Waals surface area contributed by atoms with Gasteiger partial charge in [0.25, 0.3) is 0 Å². The molecule has 0 bridgehead atoms. The number of allylic oxidation sites excluding steroid dienone is 1. The summed E-state index contributed by atoms with van der Waals surface area (Å²) in [6.07, 6.45) is 5.95. The number of rotatable bonds is 5. The van der Waals surface area contributed by atoms with Gasteiger partial charge in [-0.3, -0.25) is 0 Å². The van der Waals surface area contributed by atoms with Crippen LogP contribution in [0, 0.1) is 0 Å². The summed E-state index contributed by atoms with van der Waals surface area (Å²) in [5.74, 6) is -0.888. The predicted octanol–water partition coefficient (Wildman–Crippen LogP) is 2.93. The summed E-state index contributed by atoms with van der Waals surface area (Å²) in [6.45, 7) is 2.12. The number of aliphatic carboxylic acids is 1. The lowest BCUT2D eigenvalue weighted by atomic mass is 10.2. The number of carboxylic acid groups (broad SMARTS) is 1. The van der Waals surface area contributed by atoms with Crippen LogP contribution in [-0.2, 0) is 4.79 Å². The molecule has 0 aliphatic carbocycles. The predicted molar refractivity (Wildman–Crippen MR) is 48.8 cm³/mol. The summed E-state index contributed by atoms with van der Waals surface area (Å²) in [5, 5.41) is 8.42. The second-order valence-electron chi connectivity index (χ2n) is 2.35. The Kier molecular flexibility index (Phi) is 6.22. The van der Waals surface area contributed by atoms with E-state index in [1.54, 1.807) is 6.08 Å². The number of carboxylic acids is 1. The van der Waals surface area contributed by atoms with E-state index < -0.39 is 5.97 Å². The van der Waals surface area contributed by atoms with E-state index in [9.17, 15) is 4.79 Å². The lowest BCUT2D eigenvalue weighted by molar-refractivity contribution is -0.131. The minimum atomic E-state index is -0.888. The molecule has 0 unspecified atom stereocenters. The van der Waals surface area contributed by atoms with Gasteiger partial charge < -0.3 is 5.11 Å². The number of halogens is 1. The summed E-state index contributed by atoms with van der Waals surface area (Å²) in [5.41, 5.74) is 0. The molecule has 0 atom stereocenters. The molecular weight excluding hydrogens is 208 g/mol. The number of unbranched alkanes of at least 4 members (excludes halogenated alkanes) is 3. The fraction of sp³-hybridized carbons (Fsp3) is 0.625. The van der Waals surface area contributed by atoms with Crippen LogP contribution in [0.2, 0.25) is 0 Å². The van der Waals surface area contributed by atoms with Crippen LogP contribution < -0.4 is 0 Å². The second kappa shape index (κ2) is 6.40. The molecule has 0 radical (unpaired) electrons. The molecule has 0 fully saturated rings. The highest BCUT2D eigenvalue weighted by Crippen LogP contribution is 2.08. The van der Waals surface area contributed by atoms with E-state index >= 15 is 0 Å². The van der Waals surface area contributed by atoms with E-state index in [0.29, 0.717) is 0 Å². The Hall–Kier alpha value is -0.310. The number of hydrogen-bond donors (Lipinski definition) is 1. The SMILES string of the molecule is CCCCC/C=C(/Br)C(=O)O. The molecule has 0 saturated heterocycles. The molecule has 0 rings (SSSR count). The zero-order valence-corrected chi connectivity index (χ0v) is 8.23. The summed E-state index contributed by atoms with van der Waals surface area (Å²) in [7, 11) is 0. The molecule has 0 aromatic heterocycles. The van der Waals surface area contributed by atoms with Crippen molar-refractivity contribution in [2.24, 2.45) is 0 Å². The van der Waals surface area contributed by atoms with Crippen LogP contribution in [0.25, 0.3) is 0 Å². The molecule has 2 nitrogen and oxygen atoms in total. The normalized spacial score (nSPS) is 11.6. The molecule has 0 aliphatic heterocycles. The zero-order valence-electron chi connectivity index (χ0n) is 6.64. The van der Waals surface area contributed by atoms with Gasteiger partial charge in [-0.1, -0.05) is 25.8 Å². The third-order valence-electron chi connectivity index (χ3n) is 1.34. The van der Waals surface area contributed by atoms with Crippen molar-refractivity contribution in [2.75, 3.05) is 0 Å². The van der Waals surface area contributed by atoms with Gasteiger partial charge >= 0.3 is 5.97 Å². The Morgan fingerprint density at radius 2 is 2.18 bits per heavy atom. The van der Waals surface area contributed by atoms with Gasteiger partial charge in [0.15, 0.2) is 0 Å². The van der Waals surface area contributed by atoms with Crippen molar-refractivity contribution in [1.82, 2.24) is 0 Å². The Morgan fingerprint density at radius 1 is 1.55 bits per heavy atom. The first kappa shape index (κ1) is 10.7. The van der Waals surface area contributed by atoms with Crippen LogP contribution in [0.5, 0.6) is 0 Å². The maximum Gasteiger partial charge on any atom is 0.342 e. The number of hydrogen-bond acceptors (Lipinski definition) is 1. The van der Waals surface area contributed by atoms with Gasteiger partial charge in [0.05, 0.1) is 4.48 Å². The molecule has 0 aromatic rings. The average molecular weight is 221 g/mol. The summed E-state index contributed by atoms with van der Waals surface area (Å²) in [4.78, 5) is 10.2. The molecule has 3 heteroatoms. The molecule has 0 heterocycles. The van der Waals surface area contributed by atoms with Crippen LogP contribution in [0.1, 0.15) is 32.6 Å². The summed E-state index contributed by atoms with van der Waals surface area (Å²) >= 11 is 2.96. The van der Waals surface area contributed by atoms with E-state index in [0.717, 1.165) is 19.3 Å². The molecule has 0 amide bonds. The highest BCUT2D eigenvalue weighted by atomic mass is 79.9.